The predicted octanol–water partition coefficient (Wildman–Crippen LogP) is 1.35. The summed E-state index contributed by atoms with van der Waals surface area (Å²) in [5, 5.41) is 23.6. The highest BCUT2D eigenvalue weighted by Crippen LogP contribution is 2.32. The number of amidine groups is 1. The molecule has 1 fully saturated rings. The highest BCUT2D eigenvalue weighted by molar-refractivity contribution is 6.03. The number of fused-ring (bicyclic) bond motifs is 2. The quantitative estimate of drug-likeness (QED) is 0.346. The van der Waals surface area contributed by atoms with Gasteiger partial charge < -0.3 is 30.7 Å². The van der Waals surface area contributed by atoms with Crippen LogP contribution in [0.25, 0.3) is 10.9 Å². The van der Waals surface area contributed by atoms with Crippen LogP contribution >= 0.6 is 0 Å². The molecule has 1 aliphatic heterocycles. The third-order valence-electron chi connectivity index (χ3n) is 6.79. The molecular formula is C27H29N5O5. The molecule has 0 saturated heterocycles. The highest BCUT2D eigenvalue weighted by Gasteiger charge is 2.26. The molecule has 5 rings (SSSR count). The molecule has 2 aromatic carbocycles. The Morgan fingerprint density at radius 2 is 1.95 bits per heavy atom. The largest absolute Gasteiger partial charge is 0.395 e. The maximum Gasteiger partial charge on any atom is 0.253 e. The smallest absolute Gasteiger partial charge is 0.253 e. The molecule has 0 spiro atoms. The first kappa shape index (κ1) is 24.7. The van der Waals surface area contributed by atoms with E-state index in [2.05, 4.69) is 10.3 Å². The Hall–Kier alpha value is -4.02. The van der Waals surface area contributed by atoms with E-state index in [1.54, 1.807) is 47.0 Å². The van der Waals surface area contributed by atoms with E-state index in [4.69, 9.17) is 5.73 Å². The maximum absolute atomic E-state index is 13.1. The van der Waals surface area contributed by atoms with Crippen LogP contribution in [0, 0.1) is 5.92 Å². The van der Waals surface area contributed by atoms with E-state index >= 15 is 0 Å². The van der Waals surface area contributed by atoms with Crippen molar-refractivity contribution in [3.05, 3.63) is 70.0 Å². The van der Waals surface area contributed by atoms with Crippen LogP contribution in [0.1, 0.15) is 30.4 Å². The molecule has 1 atom stereocenters. The minimum atomic E-state index is -1.60. The molecule has 1 saturated carbocycles. The SMILES string of the molecule is NC1=NCc2cc(NC(=O)[C@H](O)CC(=O)N(CCO)c3ccc4ccc(=O)n(CC5CC5)c4c3)ccc21. The molecule has 0 unspecified atom stereocenters. The molecular weight excluding hydrogens is 474 g/mol. The van der Waals surface area contributed by atoms with Gasteiger partial charge in [0.15, 0.2) is 0 Å². The summed E-state index contributed by atoms with van der Waals surface area (Å²) >= 11 is 0. The van der Waals surface area contributed by atoms with Gasteiger partial charge in [0.2, 0.25) is 5.91 Å². The first-order valence-electron chi connectivity index (χ1n) is 12.3. The molecule has 10 nitrogen and oxygen atoms in total. The van der Waals surface area contributed by atoms with Gasteiger partial charge in [0.05, 0.1) is 25.1 Å². The molecule has 5 N–H and O–H groups in total. The molecule has 1 aromatic heterocycles. The summed E-state index contributed by atoms with van der Waals surface area (Å²) in [5.41, 5.74) is 9.04. The minimum absolute atomic E-state index is 0.0232. The van der Waals surface area contributed by atoms with Crippen molar-refractivity contribution in [1.82, 2.24) is 4.57 Å². The normalized spacial score (nSPS) is 15.2. The average molecular weight is 504 g/mol. The number of aliphatic hydroxyl groups is 2. The van der Waals surface area contributed by atoms with E-state index in [0.29, 0.717) is 41.7 Å². The second kappa shape index (κ2) is 10.2. The number of pyridine rings is 1. The Morgan fingerprint density at radius 1 is 1.16 bits per heavy atom. The number of nitrogens with one attached hydrogen (secondary N) is 1. The van der Waals surface area contributed by atoms with E-state index in [9.17, 15) is 24.6 Å². The van der Waals surface area contributed by atoms with Crippen molar-refractivity contribution in [2.75, 3.05) is 23.4 Å². The lowest BCUT2D eigenvalue weighted by Gasteiger charge is -2.24. The molecule has 1 aliphatic carbocycles. The number of benzene rings is 2. The molecule has 10 heteroatoms. The monoisotopic (exact) mass is 503 g/mol. The summed E-state index contributed by atoms with van der Waals surface area (Å²) < 4.78 is 1.72. The number of amides is 2. The van der Waals surface area contributed by atoms with Gasteiger partial charge in [-0.05, 0) is 66.1 Å². The van der Waals surface area contributed by atoms with Crippen LogP contribution in [-0.4, -0.2) is 51.7 Å². The zero-order valence-corrected chi connectivity index (χ0v) is 20.3. The first-order chi connectivity index (χ1) is 17.8. The lowest BCUT2D eigenvalue weighted by Crippen LogP contribution is -2.39. The number of carbonyl (C=O) groups is 2. The second-order valence-electron chi connectivity index (χ2n) is 9.52. The van der Waals surface area contributed by atoms with Crippen LogP contribution in [-0.2, 0) is 22.7 Å². The summed E-state index contributed by atoms with van der Waals surface area (Å²) in [6.45, 7) is 0.705. The number of rotatable bonds is 9. The number of aliphatic imine (C=N–C) groups is 1. The minimum Gasteiger partial charge on any atom is -0.395 e. The summed E-state index contributed by atoms with van der Waals surface area (Å²) in [5.74, 6) is -0.328. The van der Waals surface area contributed by atoms with E-state index < -0.39 is 24.3 Å². The fraction of sp³-hybridized carbons (Fsp3) is 0.333. The lowest BCUT2D eigenvalue weighted by molar-refractivity contribution is -0.129. The third kappa shape index (κ3) is 5.25. The standard InChI is InChI=1S/C27H29N5O5/c28-26-21-7-5-19(11-18(21)14-29-26)30-27(37)23(34)13-25(36)31(9-10-33)20-6-3-17-4-8-24(35)32(22(17)12-20)15-16-1-2-16/h3-8,11-12,16,23,33-34H,1-2,9-10,13-15H2,(H2,28,29)(H,30,37)/t23-/m1/s1. The average Bonchev–Trinajstić information content (AvgIpc) is 3.64. The van der Waals surface area contributed by atoms with Crippen LogP contribution in [0.2, 0.25) is 0 Å². The van der Waals surface area contributed by atoms with Crippen LogP contribution in [0.4, 0.5) is 11.4 Å². The van der Waals surface area contributed by atoms with Gasteiger partial charge in [-0.1, -0.05) is 6.07 Å². The van der Waals surface area contributed by atoms with Crippen LogP contribution < -0.4 is 21.5 Å². The Bertz CT molecular complexity index is 1460. The highest BCUT2D eigenvalue weighted by atomic mass is 16.3. The second-order valence-corrected chi connectivity index (χ2v) is 9.52. The lowest BCUT2D eigenvalue weighted by atomic mass is 10.1. The molecule has 0 radical (unpaired) electrons. The van der Waals surface area contributed by atoms with Gasteiger partial charge in [0, 0.05) is 36.1 Å². The van der Waals surface area contributed by atoms with Crippen molar-refractivity contribution in [3.8, 4) is 0 Å². The fourth-order valence-electron chi connectivity index (χ4n) is 4.59. The van der Waals surface area contributed by atoms with Crippen LogP contribution in [0.15, 0.2) is 58.3 Å². The first-order valence-corrected chi connectivity index (χ1v) is 12.3. The van der Waals surface area contributed by atoms with Crippen molar-refractivity contribution in [3.63, 3.8) is 0 Å². The van der Waals surface area contributed by atoms with Gasteiger partial charge in [-0.25, -0.2) is 0 Å². The van der Waals surface area contributed by atoms with Gasteiger partial charge in [-0.3, -0.25) is 19.4 Å². The number of aromatic nitrogens is 1. The fourth-order valence-corrected chi connectivity index (χ4v) is 4.59. The van der Waals surface area contributed by atoms with Crippen molar-refractivity contribution in [2.45, 2.75) is 38.5 Å². The van der Waals surface area contributed by atoms with Gasteiger partial charge in [0.1, 0.15) is 11.9 Å². The third-order valence-corrected chi connectivity index (χ3v) is 6.79. The zero-order chi connectivity index (χ0) is 26.1. The Balaban J connectivity index is 1.31. The Labute approximate surface area is 213 Å². The van der Waals surface area contributed by atoms with Gasteiger partial charge in [-0.15, -0.1) is 0 Å². The molecule has 2 amide bonds. The summed E-state index contributed by atoms with van der Waals surface area (Å²) in [7, 11) is 0. The molecule has 37 heavy (non-hydrogen) atoms. The number of carbonyl (C=O) groups excluding carboxylic acids is 2. The number of nitrogens with two attached hydrogens (primary N) is 1. The van der Waals surface area contributed by atoms with E-state index in [1.807, 2.05) is 6.07 Å². The number of anilines is 2. The number of nitrogens with zero attached hydrogens (tertiary/aromatic N) is 3. The van der Waals surface area contributed by atoms with Crippen LogP contribution in [0.5, 0.6) is 0 Å². The molecule has 2 heterocycles. The summed E-state index contributed by atoms with van der Waals surface area (Å²) in [6, 6.07) is 13.7. The number of hydrogen-bond acceptors (Lipinski definition) is 7. The Kier molecular flexibility index (Phi) is 6.77. The van der Waals surface area contributed by atoms with E-state index in [-0.39, 0.29) is 18.7 Å². The van der Waals surface area contributed by atoms with Crippen molar-refractivity contribution in [1.29, 1.82) is 0 Å². The van der Waals surface area contributed by atoms with Gasteiger partial charge >= 0.3 is 0 Å². The van der Waals surface area contributed by atoms with E-state index in [0.717, 1.165) is 29.4 Å². The summed E-state index contributed by atoms with van der Waals surface area (Å²) in [6.07, 6.45) is 0.0985. The van der Waals surface area contributed by atoms with Crippen LogP contribution in [0.3, 0.4) is 0 Å². The number of aliphatic hydroxyl groups excluding tert-OH is 2. The molecule has 3 aromatic rings. The van der Waals surface area contributed by atoms with E-state index in [1.165, 1.54) is 4.90 Å². The van der Waals surface area contributed by atoms with Gasteiger partial charge in [0.25, 0.3) is 11.5 Å². The van der Waals surface area contributed by atoms with Gasteiger partial charge in [-0.2, -0.15) is 0 Å². The summed E-state index contributed by atoms with van der Waals surface area (Å²) in [4.78, 5) is 43.8. The van der Waals surface area contributed by atoms with Crippen molar-refractivity contribution in [2.24, 2.45) is 16.6 Å². The van der Waals surface area contributed by atoms with Crippen molar-refractivity contribution >= 4 is 39.9 Å². The topological polar surface area (TPSA) is 150 Å². The maximum atomic E-state index is 13.1. The van der Waals surface area contributed by atoms with Crippen molar-refractivity contribution < 1.29 is 19.8 Å². The number of hydrogen-bond donors (Lipinski definition) is 4. The molecule has 2 aliphatic rings. The zero-order valence-electron chi connectivity index (χ0n) is 20.3. The molecule has 192 valence electrons. The molecule has 0 bridgehead atoms. The predicted molar refractivity (Wildman–Crippen MR) is 140 cm³/mol. The Morgan fingerprint density at radius 3 is 2.70 bits per heavy atom.